The van der Waals surface area contributed by atoms with E-state index >= 15 is 0 Å². The molecular weight excluding hydrogens is 236 g/mol. The molecule has 0 radical (unpaired) electrons. The largest absolute Gasteiger partial charge is 0.497 e. The van der Waals surface area contributed by atoms with Crippen molar-refractivity contribution in [2.45, 2.75) is 0 Å². The molecule has 0 amide bonds. The third-order valence-corrected chi connectivity index (χ3v) is 2.22. The maximum Gasteiger partial charge on any atom is 0.263 e. The van der Waals surface area contributed by atoms with Crippen LogP contribution in [-0.4, -0.2) is 40.8 Å². The fraction of sp³-hybridized carbons (Fsp3) is 0.200. The number of rotatable bonds is 4. The van der Waals surface area contributed by atoms with Crippen LogP contribution in [0.15, 0.2) is 23.3 Å². The first-order chi connectivity index (χ1) is 8.74. The molecule has 8 heteroatoms. The fourth-order valence-corrected chi connectivity index (χ4v) is 1.31. The number of hydrogen-bond donors (Lipinski definition) is 1. The number of nitrogens with two attached hydrogens (primary N) is 1. The molecule has 2 aromatic rings. The highest BCUT2D eigenvalue weighted by atomic mass is 16.5. The zero-order valence-corrected chi connectivity index (χ0v) is 9.94. The second-order valence-corrected chi connectivity index (χ2v) is 3.28. The van der Waals surface area contributed by atoms with Crippen molar-refractivity contribution in [3.63, 3.8) is 0 Å². The summed E-state index contributed by atoms with van der Waals surface area (Å²) in [5.74, 6) is 1.44. The summed E-state index contributed by atoms with van der Waals surface area (Å²) in [6, 6.07) is 5.36. The maximum atomic E-state index is 5.48. The topological polar surface area (TPSA) is 100 Å². The normalized spacial score (nSPS) is 10.8. The van der Waals surface area contributed by atoms with Gasteiger partial charge in [-0.3, -0.25) is 0 Å². The Morgan fingerprint density at radius 3 is 2.78 bits per heavy atom. The van der Waals surface area contributed by atoms with E-state index < -0.39 is 0 Å². The lowest BCUT2D eigenvalue weighted by molar-refractivity contribution is 0.394. The monoisotopic (exact) mass is 248 g/mol. The van der Waals surface area contributed by atoms with Gasteiger partial charge < -0.3 is 15.2 Å². The molecule has 0 spiro atoms. The number of methoxy groups -OCH3 is 2. The number of ether oxygens (including phenoxy) is 2. The Labute approximate surface area is 103 Å². The van der Waals surface area contributed by atoms with Crippen LogP contribution < -0.4 is 15.2 Å². The van der Waals surface area contributed by atoms with Crippen LogP contribution in [0.2, 0.25) is 0 Å². The van der Waals surface area contributed by atoms with Crippen LogP contribution in [0.5, 0.6) is 11.5 Å². The molecule has 1 aromatic heterocycles. The molecule has 0 bridgehead atoms. The van der Waals surface area contributed by atoms with Crippen LogP contribution in [0.25, 0.3) is 0 Å². The van der Waals surface area contributed by atoms with Gasteiger partial charge in [-0.05, 0) is 22.6 Å². The van der Waals surface area contributed by atoms with Crippen molar-refractivity contribution >= 4 is 12.2 Å². The van der Waals surface area contributed by atoms with Crippen LogP contribution in [-0.2, 0) is 0 Å². The Kier molecular flexibility index (Phi) is 3.37. The van der Waals surface area contributed by atoms with Gasteiger partial charge in [0.2, 0.25) is 0 Å². The second-order valence-electron chi connectivity index (χ2n) is 3.28. The molecule has 1 heterocycles. The summed E-state index contributed by atoms with van der Waals surface area (Å²) in [5, 5.41) is 14.5. The average Bonchev–Trinajstić information content (AvgIpc) is 2.81. The number of aromatic nitrogens is 4. The Morgan fingerprint density at radius 2 is 2.17 bits per heavy atom. The highest BCUT2D eigenvalue weighted by Crippen LogP contribution is 2.23. The van der Waals surface area contributed by atoms with Gasteiger partial charge in [0.1, 0.15) is 11.5 Å². The smallest absolute Gasteiger partial charge is 0.263 e. The van der Waals surface area contributed by atoms with Crippen LogP contribution in [0.4, 0.5) is 5.95 Å². The summed E-state index contributed by atoms with van der Waals surface area (Å²) >= 11 is 0. The van der Waals surface area contributed by atoms with Crippen LogP contribution >= 0.6 is 0 Å². The molecule has 2 rings (SSSR count). The lowest BCUT2D eigenvalue weighted by Crippen LogP contribution is -2.00. The third-order valence-electron chi connectivity index (χ3n) is 2.22. The first-order valence-corrected chi connectivity index (χ1v) is 5.05. The Hall–Kier alpha value is -2.64. The van der Waals surface area contributed by atoms with E-state index in [2.05, 4.69) is 20.6 Å². The van der Waals surface area contributed by atoms with Crippen molar-refractivity contribution < 1.29 is 9.47 Å². The van der Waals surface area contributed by atoms with Gasteiger partial charge in [-0.15, -0.1) is 0 Å². The second kappa shape index (κ2) is 5.13. The molecule has 1 aromatic carbocycles. The number of benzene rings is 1. The van der Waals surface area contributed by atoms with Crippen molar-refractivity contribution in [3.8, 4) is 11.5 Å². The zero-order valence-electron chi connectivity index (χ0n) is 9.94. The maximum absolute atomic E-state index is 5.48. The van der Waals surface area contributed by atoms with E-state index in [-0.39, 0.29) is 5.95 Å². The average molecular weight is 248 g/mol. The van der Waals surface area contributed by atoms with Gasteiger partial charge >= 0.3 is 0 Å². The molecule has 94 valence electrons. The van der Waals surface area contributed by atoms with Gasteiger partial charge in [0, 0.05) is 11.6 Å². The summed E-state index contributed by atoms with van der Waals surface area (Å²) in [7, 11) is 3.15. The Bertz CT molecular complexity index is 565. The first kappa shape index (κ1) is 11.8. The van der Waals surface area contributed by atoms with Gasteiger partial charge in [-0.25, -0.2) is 0 Å². The molecule has 0 saturated heterocycles. The number of tetrazole rings is 1. The number of nitrogens with zero attached hydrogens (tertiary/aromatic N) is 5. The van der Waals surface area contributed by atoms with Crippen molar-refractivity contribution in [1.29, 1.82) is 0 Å². The summed E-state index contributed by atoms with van der Waals surface area (Å²) in [5.41, 5.74) is 6.24. The van der Waals surface area contributed by atoms with Crippen LogP contribution in [0.3, 0.4) is 0 Å². The minimum Gasteiger partial charge on any atom is -0.497 e. The molecule has 0 aliphatic rings. The molecule has 0 aliphatic carbocycles. The van der Waals surface area contributed by atoms with E-state index in [1.807, 2.05) is 6.07 Å². The molecule has 0 fully saturated rings. The van der Waals surface area contributed by atoms with E-state index in [1.54, 1.807) is 32.6 Å². The SMILES string of the molecule is COc1ccc(/C=N\n2nnnc2N)c(OC)c1. The lowest BCUT2D eigenvalue weighted by Gasteiger charge is -2.06. The zero-order chi connectivity index (χ0) is 13.0. The molecule has 8 nitrogen and oxygen atoms in total. The van der Waals surface area contributed by atoms with E-state index in [1.165, 1.54) is 0 Å². The van der Waals surface area contributed by atoms with E-state index in [9.17, 15) is 0 Å². The molecule has 18 heavy (non-hydrogen) atoms. The van der Waals surface area contributed by atoms with Gasteiger partial charge in [0.25, 0.3) is 5.95 Å². The van der Waals surface area contributed by atoms with E-state index in [4.69, 9.17) is 15.2 Å². The van der Waals surface area contributed by atoms with E-state index in [0.29, 0.717) is 11.5 Å². The summed E-state index contributed by atoms with van der Waals surface area (Å²) in [6.45, 7) is 0. The standard InChI is InChI=1S/C10H12N6O2/c1-17-8-4-3-7(9(5-8)18-2)6-12-16-10(11)13-14-15-16/h3-6H,1-2H3,(H2,11,13,15)/b12-6-. The third kappa shape index (κ3) is 2.37. The Morgan fingerprint density at radius 1 is 1.33 bits per heavy atom. The molecule has 0 saturated carbocycles. The lowest BCUT2D eigenvalue weighted by atomic mass is 10.2. The van der Waals surface area contributed by atoms with Crippen LogP contribution in [0, 0.1) is 0 Å². The van der Waals surface area contributed by atoms with E-state index in [0.717, 1.165) is 10.4 Å². The number of hydrogen-bond acceptors (Lipinski definition) is 7. The summed E-state index contributed by atoms with van der Waals surface area (Å²) in [4.78, 5) is 1.11. The minimum atomic E-state index is 0.110. The summed E-state index contributed by atoms with van der Waals surface area (Å²) in [6.07, 6.45) is 1.55. The predicted molar refractivity (Wildman–Crippen MR) is 64.8 cm³/mol. The Balaban J connectivity index is 2.29. The highest BCUT2D eigenvalue weighted by molar-refractivity contribution is 5.83. The van der Waals surface area contributed by atoms with Crippen molar-refractivity contribution in [2.75, 3.05) is 20.0 Å². The first-order valence-electron chi connectivity index (χ1n) is 5.05. The predicted octanol–water partition coefficient (Wildman–Crippen LogP) is 0.155. The molecular formula is C10H12N6O2. The van der Waals surface area contributed by atoms with Gasteiger partial charge in [-0.2, -0.15) is 5.10 Å². The van der Waals surface area contributed by atoms with Crippen LogP contribution in [0.1, 0.15) is 5.56 Å². The van der Waals surface area contributed by atoms with Gasteiger partial charge in [0.05, 0.1) is 20.4 Å². The van der Waals surface area contributed by atoms with Gasteiger partial charge in [0.15, 0.2) is 0 Å². The highest BCUT2D eigenvalue weighted by Gasteiger charge is 2.03. The minimum absolute atomic E-state index is 0.110. The molecule has 0 aliphatic heterocycles. The van der Waals surface area contributed by atoms with Gasteiger partial charge in [-0.1, -0.05) is 9.89 Å². The molecule has 0 unspecified atom stereocenters. The number of anilines is 1. The quantitative estimate of drug-likeness (QED) is 0.773. The van der Waals surface area contributed by atoms with Crippen molar-refractivity contribution in [2.24, 2.45) is 5.10 Å². The summed E-state index contributed by atoms with van der Waals surface area (Å²) < 4.78 is 10.3. The molecule has 2 N–H and O–H groups in total. The van der Waals surface area contributed by atoms with Crippen molar-refractivity contribution in [3.05, 3.63) is 23.8 Å². The fourth-order valence-electron chi connectivity index (χ4n) is 1.31. The number of nitrogen functional groups attached to an aromatic ring is 1. The molecule has 0 atom stereocenters. The van der Waals surface area contributed by atoms with Crippen molar-refractivity contribution in [1.82, 2.24) is 20.3 Å².